The van der Waals surface area contributed by atoms with Crippen LogP contribution in [0.15, 0.2) is 59.6 Å². The van der Waals surface area contributed by atoms with Crippen LogP contribution in [0.1, 0.15) is 21.6 Å². The lowest BCUT2D eigenvalue weighted by Crippen LogP contribution is -2.36. The fourth-order valence-corrected chi connectivity index (χ4v) is 4.20. The number of carbonyl (C=O) groups is 1. The van der Waals surface area contributed by atoms with Crippen LogP contribution in [-0.4, -0.2) is 42.8 Å². The summed E-state index contributed by atoms with van der Waals surface area (Å²) in [4.78, 5) is 24.5. The Balaban J connectivity index is 1.38. The van der Waals surface area contributed by atoms with Gasteiger partial charge in [0.05, 0.1) is 41.0 Å². The molecule has 0 bridgehead atoms. The summed E-state index contributed by atoms with van der Waals surface area (Å²) in [7, 11) is 0. The van der Waals surface area contributed by atoms with Gasteiger partial charge in [0.25, 0.3) is 0 Å². The lowest BCUT2D eigenvalue weighted by molar-refractivity contribution is 0.106. The Morgan fingerprint density at radius 3 is 2.45 bits per heavy atom. The highest BCUT2D eigenvalue weighted by molar-refractivity contribution is 6.47. The molecule has 5 nitrogen and oxygen atoms in total. The summed E-state index contributed by atoms with van der Waals surface area (Å²) in [6.45, 7) is 5.30. The molecule has 0 atom stereocenters. The predicted molar refractivity (Wildman–Crippen MR) is 124 cm³/mol. The average molecular weight is 432 g/mol. The lowest BCUT2D eigenvalue weighted by atomic mass is 10.0. The topological polar surface area (TPSA) is 54.8 Å². The zero-order valence-corrected chi connectivity index (χ0v) is 18.0. The van der Waals surface area contributed by atoms with Crippen LogP contribution in [0.25, 0.3) is 11.3 Å². The van der Waals surface area contributed by atoms with Gasteiger partial charge in [-0.25, -0.2) is 9.98 Å². The van der Waals surface area contributed by atoms with Crippen molar-refractivity contribution >= 4 is 34.5 Å². The summed E-state index contributed by atoms with van der Waals surface area (Å²) in [5.74, 6) is -0.0643. The number of ether oxygens (including phenoxy) is 1. The van der Waals surface area contributed by atoms with Gasteiger partial charge >= 0.3 is 0 Å². The van der Waals surface area contributed by atoms with Gasteiger partial charge in [-0.3, -0.25) is 4.79 Å². The van der Waals surface area contributed by atoms with Crippen LogP contribution in [0, 0.1) is 6.92 Å². The number of aliphatic imine (C=N–C) groups is 1. The van der Waals surface area contributed by atoms with Gasteiger partial charge in [-0.2, -0.15) is 0 Å². The molecule has 0 amide bonds. The third kappa shape index (κ3) is 3.99. The maximum absolute atomic E-state index is 12.8. The normalized spacial score (nSPS) is 15.5. The SMILES string of the molecule is Cc1ccc(C(=O)C2=Nc3cc(Cl)c(-c4ccc(N5CCOCC5)cc4)nc3C2)cc1. The van der Waals surface area contributed by atoms with E-state index < -0.39 is 0 Å². The monoisotopic (exact) mass is 431 g/mol. The first-order valence-electron chi connectivity index (χ1n) is 10.4. The van der Waals surface area contributed by atoms with Gasteiger partial charge in [-0.15, -0.1) is 0 Å². The number of benzene rings is 2. The molecule has 1 fully saturated rings. The molecule has 3 aromatic rings. The molecule has 0 aliphatic carbocycles. The molecule has 0 radical (unpaired) electrons. The van der Waals surface area contributed by atoms with Crippen LogP contribution in [0.2, 0.25) is 5.02 Å². The van der Waals surface area contributed by atoms with E-state index in [9.17, 15) is 4.79 Å². The first-order chi connectivity index (χ1) is 15.1. The number of halogens is 1. The van der Waals surface area contributed by atoms with Gasteiger partial charge in [-0.05, 0) is 25.1 Å². The quantitative estimate of drug-likeness (QED) is 0.542. The number of morpholine rings is 1. The van der Waals surface area contributed by atoms with E-state index in [1.165, 1.54) is 5.69 Å². The molecule has 0 unspecified atom stereocenters. The first-order valence-corrected chi connectivity index (χ1v) is 10.8. The standard InChI is InChI=1S/C25H22ClN3O2/c1-16-2-4-18(5-3-16)25(30)23-15-22-21(27-23)14-20(26)24(28-22)17-6-8-19(9-7-17)29-10-12-31-13-11-29/h2-9,14H,10-13,15H2,1H3. The summed E-state index contributed by atoms with van der Waals surface area (Å²) in [5, 5.41) is 0.533. The van der Waals surface area contributed by atoms with Crippen LogP contribution in [-0.2, 0) is 11.2 Å². The molecule has 156 valence electrons. The molecule has 2 aromatic carbocycles. The number of anilines is 1. The van der Waals surface area contributed by atoms with Crippen molar-refractivity contribution in [3.05, 3.63) is 76.4 Å². The largest absolute Gasteiger partial charge is 0.378 e. The number of hydrogen-bond donors (Lipinski definition) is 0. The summed E-state index contributed by atoms with van der Waals surface area (Å²) < 4.78 is 5.43. The van der Waals surface area contributed by atoms with Gasteiger partial charge in [0.15, 0.2) is 0 Å². The van der Waals surface area contributed by atoms with E-state index in [2.05, 4.69) is 22.0 Å². The van der Waals surface area contributed by atoms with E-state index in [4.69, 9.17) is 21.3 Å². The Bertz CT molecular complexity index is 1160. The number of aryl methyl sites for hydroxylation is 1. The van der Waals surface area contributed by atoms with E-state index in [1.807, 2.05) is 49.4 Å². The van der Waals surface area contributed by atoms with Crippen molar-refractivity contribution in [3.63, 3.8) is 0 Å². The molecule has 2 aliphatic rings. The highest BCUT2D eigenvalue weighted by atomic mass is 35.5. The van der Waals surface area contributed by atoms with Gasteiger partial charge < -0.3 is 9.64 Å². The Labute approximate surface area is 186 Å². The second-order valence-corrected chi connectivity index (χ2v) is 8.27. The number of fused-ring (bicyclic) bond motifs is 1. The van der Waals surface area contributed by atoms with Crippen molar-refractivity contribution in [2.45, 2.75) is 13.3 Å². The first kappa shape index (κ1) is 19.9. The highest BCUT2D eigenvalue weighted by Gasteiger charge is 2.24. The van der Waals surface area contributed by atoms with Crippen LogP contribution in [0.3, 0.4) is 0 Å². The number of carbonyl (C=O) groups excluding carboxylic acids is 1. The Hall–Kier alpha value is -3.02. The smallest absolute Gasteiger partial charge is 0.207 e. The Kier molecular flexibility index (Phi) is 5.30. The third-order valence-corrected chi connectivity index (χ3v) is 6.00. The molecular weight excluding hydrogens is 410 g/mol. The molecule has 0 spiro atoms. The van der Waals surface area contributed by atoms with Gasteiger partial charge in [0.1, 0.15) is 0 Å². The molecular formula is C25H22ClN3O2. The summed E-state index contributed by atoms with van der Waals surface area (Å²) >= 11 is 6.55. The van der Waals surface area contributed by atoms with Gasteiger partial charge in [-0.1, -0.05) is 53.6 Å². The predicted octanol–water partition coefficient (Wildman–Crippen LogP) is 5.06. The van der Waals surface area contributed by atoms with Gasteiger partial charge in [0, 0.05) is 36.3 Å². The number of nitrogens with zero attached hydrogens (tertiary/aromatic N) is 3. The fourth-order valence-electron chi connectivity index (χ4n) is 3.94. The number of hydrogen-bond acceptors (Lipinski definition) is 5. The molecule has 0 saturated carbocycles. The van der Waals surface area contributed by atoms with E-state index in [1.54, 1.807) is 0 Å². The summed E-state index contributed by atoms with van der Waals surface area (Å²) in [5.41, 5.74) is 6.55. The van der Waals surface area contributed by atoms with Crippen molar-refractivity contribution in [1.29, 1.82) is 0 Å². The number of aromatic nitrogens is 1. The molecule has 1 saturated heterocycles. The van der Waals surface area contributed by atoms with E-state index in [-0.39, 0.29) is 5.78 Å². The maximum atomic E-state index is 12.8. The maximum Gasteiger partial charge on any atom is 0.207 e. The van der Waals surface area contributed by atoms with Crippen molar-refractivity contribution in [3.8, 4) is 11.3 Å². The third-order valence-electron chi connectivity index (χ3n) is 5.72. The molecule has 3 heterocycles. The van der Waals surface area contributed by atoms with Crippen LogP contribution < -0.4 is 4.90 Å². The molecule has 31 heavy (non-hydrogen) atoms. The minimum atomic E-state index is -0.0643. The number of ketones is 1. The summed E-state index contributed by atoms with van der Waals surface area (Å²) in [6, 6.07) is 17.6. The van der Waals surface area contributed by atoms with Crippen LogP contribution in [0.4, 0.5) is 11.4 Å². The van der Waals surface area contributed by atoms with E-state index in [0.717, 1.165) is 43.1 Å². The average Bonchev–Trinajstić information content (AvgIpc) is 3.22. The van der Waals surface area contributed by atoms with Crippen molar-refractivity contribution in [1.82, 2.24) is 4.98 Å². The molecule has 6 heteroatoms. The lowest BCUT2D eigenvalue weighted by Gasteiger charge is -2.28. The number of rotatable bonds is 4. The summed E-state index contributed by atoms with van der Waals surface area (Å²) in [6.07, 6.45) is 0.415. The van der Waals surface area contributed by atoms with Crippen molar-refractivity contribution < 1.29 is 9.53 Å². The fraction of sp³-hybridized carbons (Fsp3) is 0.240. The van der Waals surface area contributed by atoms with E-state index >= 15 is 0 Å². The van der Waals surface area contributed by atoms with Crippen LogP contribution in [0.5, 0.6) is 0 Å². The van der Waals surface area contributed by atoms with Gasteiger partial charge in [0.2, 0.25) is 5.78 Å². The molecule has 5 rings (SSSR count). The Morgan fingerprint density at radius 2 is 1.74 bits per heavy atom. The minimum absolute atomic E-state index is 0.0643. The molecule has 0 N–H and O–H groups in total. The van der Waals surface area contributed by atoms with Crippen molar-refractivity contribution in [2.75, 3.05) is 31.2 Å². The zero-order chi connectivity index (χ0) is 21.4. The minimum Gasteiger partial charge on any atom is -0.378 e. The number of Topliss-reactive ketones (excluding diaryl/α,β-unsaturated/α-hetero) is 1. The second kappa shape index (κ2) is 8.25. The molecule has 2 aliphatic heterocycles. The Morgan fingerprint density at radius 1 is 1.03 bits per heavy atom. The zero-order valence-electron chi connectivity index (χ0n) is 17.3. The second-order valence-electron chi connectivity index (χ2n) is 7.86. The molecule has 1 aromatic heterocycles. The highest BCUT2D eigenvalue weighted by Crippen LogP contribution is 2.35. The van der Waals surface area contributed by atoms with Crippen LogP contribution >= 0.6 is 11.6 Å². The van der Waals surface area contributed by atoms with E-state index in [0.29, 0.717) is 34.1 Å². The van der Waals surface area contributed by atoms with Crippen molar-refractivity contribution in [2.24, 2.45) is 4.99 Å². The number of pyridine rings is 1.